The SMILES string of the molecule is O=C(c1cnn2c(C(F)F)cc(-c3ccccc3)nc12)N1CCN(Cc2ccc(Cl)cc2Cl)CC1. The second-order valence-electron chi connectivity index (χ2n) is 8.33. The number of benzene rings is 2. The number of hydrogen-bond acceptors (Lipinski definition) is 4. The van der Waals surface area contributed by atoms with Crippen LogP contribution in [0.4, 0.5) is 8.78 Å². The van der Waals surface area contributed by atoms with Gasteiger partial charge in [0, 0.05) is 48.3 Å². The largest absolute Gasteiger partial charge is 0.336 e. The highest BCUT2D eigenvalue weighted by Crippen LogP contribution is 2.28. The Morgan fingerprint density at radius 2 is 1.74 bits per heavy atom. The first-order valence-electron chi connectivity index (χ1n) is 11.1. The number of carbonyl (C=O) groups excluding carboxylic acids is 1. The van der Waals surface area contributed by atoms with E-state index in [0.717, 1.165) is 10.1 Å². The lowest BCUT2D eigenvalue weighted by atomic mass is 10.1. The number of nitrogens with zero attached hydrogens (tertiary/aromatic N) is 5. The molecule has 0 radical (unpaired) electrons. The molecular formula is C25H21Cl2F2N5O. The summed E-state index contributed by atoms with van der Waals surface area (Å²) >= 11 is 12.3. The maximum Gasteiger partial charge on any atom is 0.280 e. The molecule has 0 bridgehead atoms. The molecule has 1 aliphatic heterocycles. The molecule has 2 aromatic heterocycles. The minimum atomic E-state index is -2.77. The van der Waals surface area contributed by atoms with Crippen molar-refractivity contribution in [3.05, 3.63) is 87.7 Å². The predicted molar refractivity (Wildman–Crippen MR) is 131 cm³/mol. The standard InChI is InChI=1S/C25H21Cl2F2N5O/c26-18-7-6-17(20(27)12-18)15-32-8-10-33(11-9-32)25(35)19-14-30-34-22(23(28)29)13-21(31-24(19)34)16-4-2-1-3-5-16/h1-7,12-14,23H,8-11,15H2. The summed E-state index contributed by atoms with van der Waals surface area (Å²) in [6.45, 7) is 2.92. The van der Waals surface area contributed by atoms with Crippen molar-refractivity contribution in [1.29, 1.82) is 0 Å². The highest BCUT2D eigenvalue weighted by atomic mass is 35.5. The summed E-state index contributed by atoms with van der Waals surface area (Å²) in [5.41, 5.74) is 2.05. The molecule has 0 atom stereocenters. The monoisotopic (exact) mass is 515 g/mol. The van der Waals surface area contributed by atoms with Crippen molar-refractivity contribution < 1.29 is 13.6 Å². The van der Waals surface area contributed by atoms with Gasteiger partial charge in [-0.1, -0.05) is 59.6 Å². The van der Waals surface area contributed by atoms with Crippen LogP contribution in [0.3, 0.4) is 0 Å². The second-order valence-corrected chi connectivity index (χ2v) is 9.17. The number of fused-ring (bicyclic) bond motifs is 1. The summed E-state index contributed by atoms with van der Waals surface area (Å²) in [7, 11) is 0. The lowest BCUT2D eigenvalue weighted by Gasteiger charge is -2.34. The minimum Gasteiger partial charge on any atom is -0.336 e. The van der Waals surface area contributed by atoms with Crippen molar-refractivity contribution in [3.63, 3.8) is 0 Å². The van der Waals surface area contributed by atoms with Crippen LogP contribution < -0.4 is 0 Å². The van der Waals surface area contributed by atoms with Crippen LogP contribution in [0.25, 0.3) is 16.9 Å². The van der Waals surface area contributed by atoms with Crippen LogP contribution in [0.5, 0.6) is 0 Å². The van der Waals surface area contributed by atoms with E-state index in [1.807, 2.05) is 24.3 Å². The minimum absolute atomic E-state index is 0.127. The average molecular weight is 516 g/mol. The lowest BCUT2D eigenvalue weighted by Crippen LogP contribution is -2.48. The Balaban J connectivity index is 1.37. The molecule has 0 aliphatic carbocycles. The van der Waals surface area contributed by atoms with E-state index < -0.39 is 6.43 Å². The van der Waals surface area contributed by atoms with E-state index >= 15 is 0 Å². The average Bonchev–Trinajstić information content (AvgIpc) is 3.29. The first-order valence-corrected chi connectivity index (χ1v) is 11.8. The van der Waals surface area contributed by atoms with Gasteiger partial charge in [-0.05, 0) is 23.8 Å². The summed E-state index contributed by atoms with van der Waals surface area (Å²) < 4.78 is 28.7. The van der Waals surface area contributed by atoms with E-state index in [0.29, 0.717) is 54.0 Å². The zero-order valence-electron chi connectivity index (χ0n) is 18.5. The van der Waals surface area contributed by atoms with Crippen molar-refractivity contribution in [1.82, 2.24) is 24.4 Å². The summed E-state index contributed by atoms with van der Waals surface area (Å²) in [6.07, 6.45) is -1.44. The van der Waals surface area contributed by atoms with Gasteiger partial charge in [-0.15, -0.1) is 0 Å². The van der Waals surface area contributed by atoms with Crippen LogP contribution in [0.2, 0.25) is 10.0 Å². The third kappa shape index (κ3) is 4.87. The predicted octanol–water partition coefficient (Wildman–Crippen LogP) is 5.60. The molecule has 0 unspecified atom stereocenters. The molecule has 0 N–H and O–H groups in total. The van der Waals surface area contributed by atoms with Crippen molar-refractivity contribution in [2.75, 3.05) is 26.2 Å². The highest BCUT2D eigenvalue weighted by Gasteiger charge is 2.27. The maximum atomic E-state index is 13.8. The molecule has 3 heterocycles. The Morgan fingerprint density at radius 3 is 2.43 bits per heavy atom. The molecule has 1 amide bonds. The van der Waals surface area contributed by atoms with Crippen LogP contribution in [-0.4, -0.2) is 56.5 Å². The first kappa shape index (κ1) is 23.7. The van der Waals surface area contributed by atoms with Crippen LogP contribution in [-0.2, 0) is 6.54 Å². The highest BCUT2D eigenvalue weighted by molar-refractivity contribution is 6.35. The van der Waals surface area contributed by atoms with Gasteiger partial charge in [0.05, 0.1) is 11.9 Å². The van der Waals surface area contributed by atoms with E-state index in [-0.39, 0.29) is 22.8 Å². The van der Waals surface area contributed by atoms with Crippen LogP contribution in [0.1, 0.15) is 28.0 Å². The number of rotatable bonds is 5. The molecule has 2 aromatic carbocycles. The molecule has 4 aromatic rings. The normalized spacial score (nSPS) is 14.7. The molecule has 180 valence electrons. The van der Waals surface area contributed by atoms with Gasteiger partial charge >= 0.3 is 0 Å². The quantitative estimate of drug-likeness (QED) is 0.347. The topological polar surface area (TPSA) is 53.7 Å². The molecule has 1 saturated heterocycles. The molecule has 0 spiro atoms. The van der Waals surface area contributed by atoms with Crippen LogP contribution >= 0.6 is 23.2 Å². The number of piperazine rings is 1. The maximum absolute atomic E-state index is 13.8. The van der Waals surface area contributed by atoms with Gasteiger partial charge in [0.25, 0.3) is 12.3 Å². The van der Waals surface area contributed by atoms with Gasteiger partial charge < -0.3 is 4.90 Å². The molecule has 1 aliphatic rings. The molecule has 0 saturated carbocycles. The zero-order valence-corrected chi connectivity index (χ0v) is 20.1. The summed E-state index contributed by atoms with van der Waals surface area (Å²) in [6, 6.07) is 15.8. The smallest absolute Gasteiger partial charge is 0.280 e. The van der Waals surface area contributed by atoms with Gasteiger partial charge in [-0.3, -0.25) is 9.69 Å². The van der Waals surface area contributed by atoms with Crippen molar-refractivity contribution in [3.8, 4) is 11.3 Å². The van der Waals surface area contributed by atoms with Crippen molar-refractivity contribution in [2.24, 2.45) is 0 Å². The number of alkyl halides is 2. The van der Waals surface area contributed by atoms with Crippen LogP contribution in [0, 0.1) is 0 Å². The Hall–Kier alpha value is -3.07. The van der Waals surface area contributed by atoms with Crippen LogP contribution in [0.15, 0.2) is 60.8 Å². The summed E-state index contributed by atoms with van der Waals surface area (Å²) in [5.74, 6) is -0.276. The summed E-state index contributed by atoms with van der Waals surface area (Å²) in [4.78, 5) is 21.8. The van der Waals surface area contributed by atoms with Crippen molar-refractivity contribution >= 4 is 34.8 Å². The van der Waals surface area contributed by atoms with Gasteiger partial charge in [0.15, 0.2) is 5.65 Å². The lowest BCUT2D eigenvalue weighted by molar-refractivity contribution is 0.0630. The van der Waals surface area contributed by atoms with Gasteiger partial charge in [0.2, 0.25) is 0 Å². The summed E-state index contributed by atoms with van der Waals surface area (Å²) in [5, 5.41) is 5.26. The number of amides is 1. The fourth-order valence-corrected chi connectivity index (χ4v) is 4.69. The number of hydrogen-bond donors (Lipinski definition) is 0. The Kier molecular flexibility index (Phi) is 6.69. The Bertz CT molecular complexity index is 1370. The third-order valence-electron chi connectivity index (χ3n) is 6.09. The molecule has 10 heteroatoms. The van der Waals surface area contributed by atoms with E-state index in [2.05, 4.69) is 15.0 Å². The number of halogens is 4. The zero-order chi connectivity index (χ0) is 24.5. The van der Waals surface area contributed by atoms with E-state index in [1.54, 1.807) is 29.2 Å². The Morgan fingerprint density at radius 1 is 1.00 bits per heavy atom. The molecule has 6 nitrogen and oxygen atoms in total. The van der Waals surface area contributed by atoms with Gasteiger partial charge in [-0.25, -0.2) is 18.3 Å². The van der Waals surface area contributed by atoms with Gasteiger partial charge in [-0.2, -0.15) is 5.10 Å². The van der Waals surface area contributed by atoms with E-state index in [1.165, 1.54) is 12.3 Å². The molecule has 1 fully saturated rings. The van der Waals surface area contributed by atoms with Gasteiger partial charge in [0.1, 0.15) is 11.3 Å². The molecule has 5 rings (SSSR count). The van der Waals surface area contributed by atoms with Crippen molar-refractivity contribution in [2.45, 2.75) is 13.0 Å². The number of aromatic nitrogens is 3. The first-order chi connectivity index (χ1) is 16.9. The molecule has 35 heavy (non-hydrogen) atoms. The fourth-order valence-electron chi connectivity index (χ4n) is 4.22. The second kappa shape index (κ2) is 9.89. The van der Waals surface area contributed by atoms with E-state index in [4.69, 9.17) is 23.2 Å². The fraction of sp³-hybridized carbons (Fsp3) is 0.240. The molecular weight excluding hydrogens is 495 g/mol. The van der Waals surface area contributed by atoms with E-state index in [9.17, 15) is 13.6 Å². The third-order valence-corrected chi connectivity index (χ3v) is 6.68. The Labute approximate surface area is 210 Å². The number of carbonyl (C=O) groups is 1.